The van der Waals surface area contributed by atoms with Crippen LogP contribution in [0.2, 0.25) is 0 Å². The van der Waals surface area contributed by atoms with Crippen LogP contribution in [0.3, 0.4) is 0 Å². The summed E-state index contributed by atoms with van der Waals surface area (Å²) in [7, 11) is 0. The third-order valence-electron chi connectivity index (χ3n) is 3.81. The fraction of sp³-hybridized carbons (Fsp3) is 0.333. The Morgan fingerprint density at radius 3 is 2.15 bits per heavy atom. The van der Waals surface area contributed by atoms with Gasteiger partial charge in [-0.15, -0.1) is 0 Å². The molecule has 0 heterocycles. The molecular weight excluding hydrogens is 244 g/mol. The zero-order chi connectivity index (χ0) is 14.7. The van der Waals surface area contributed by atoms with Crippen LogP contribution in [0, 0.1) is 27.7 Å². The summed E-state index contributed by atoms with van der Waals surface area (Å²) < 4.78 is 0. The third kappa shape index (κ3) is 3.27. The predicted octanol–water partition coefficient (Wildman–Crippen LogP) is 3.67. The van der Waals surface area contributed by atoms with Crippen LogP contribution in [-0.4, -0.2) is 0 Å². The SMILES string of the molecule is Cc1cccc(CC(NN)c2c(C)cc(C)cc2C)c1. The molecule has 1 atom stereocenters. The Morgan fingerprint density at radius 1 is 0.950 bits per heavy atom. The maximum atomic E-state index is 5.82. The van der Waals surface area contributed by atoms with E-state index < -0.39 is 0 Å². The van der Waals surface area contributed by atoms with Gasteiger partial charge in [0.25, 0.3) is 0 Å². The zero-order valence-electron chi connectivity index (χ0n) is 12.8. The molecule has 3 N–H and O–H groups in total. The normalized spacial score (nSPS) is 12.4. The first-order chi connectivity index (χ1) is 9.51. The first kappa shape index (κ1) is 14.8. The number of nitrogens with one attached hydrogen (secondary N) is 1. The average molecular weight is 268 g/mol. The lowest BCUT2D eigenvalue weighted by Gasteiger charge is -2.22. The molecule has 0 spiro atoms. The van der Waals surface area contributed by atoms with Crippen molar-refractivity contribution < 1.29 is 0 Å². The van der Waals surface area contributed by atoms with Crippen LogP contribution in [0.5, 0.6) is 0 Å². The van der Waals surface area contributed by atoms with E-state index >= 15 is 0 Å². The first-order valence-corrected chi connectivity index (χ1v) is 7.10. The molecule has 0 aromatic heterocycles. The molecule has 2 rings (SSSR count). The van der Waals surface area contributed by atoms with Crippen molar-refractivity contribution in [2.45, 2.75) is 40.2 Å². The Labute approximate surface area is 122 Å². The second kappa shape index (κ2) is 6.21. The Bertz CT molecular complexity index is 579. The summed E-state index contributed by atoms with van der Waals surface area (Å²) in [6.45, 7) is 8.58. The van der Waals surface area contributed by atoms with Gasteiger partial charge in [-0.1, -0.05) is 47.5 Å². The maximum absolute atomic E-state index is 5.82. The van der Waals surface area contributed by atoms with Gasteiger partial charge in [0.15, 0.2) is 0 Å². The van der Waals surface area contributed by atoms with Gasteiger partial charge in [-0.2, -0.15) is 0 Å². The topological polar surface area (TPSA) is 38.0 Å². The first-order valence-electron chi connectivity index (χ1n) is 7.10. The molecule has 0 saturated carbocycles. The van der Waals surface area contributed by atoms with Crippen LogP contribution >= 0.6 is 0 Å². The monoisotopic (exact) mass is 268 g/mol. The molecule has 20 heavy (non-hydrogen) atoms. The largest absolute Gasteiger partial charge is 0.271 e. The minimum absolute atomic E-state index is 0.150. The summed E-state index contributed by atoms with van der Waals surface area (Å²) in [6.07, 6.45) is 0.906. The van der Waals surface area contributed by atoms with Gasteiger partial charge >= 0.3 is 0 Å². The molecule has 106 valence electrons. The summed E-state index contributed by atoms with van der Waals surface area (Å²) in [5.74, 6) is 5.82. The lowest BCUT2D eigenvalue weighted by atomic mass is 9.90. The summed E-state index contributed by atoms with van der Waals surface area (Å²) in [5.41, 5.74) is 10.8. The molecule has 2 nitrogen and oxygen atoms in total. The van der Waals surface area contributed by atoms with Gasteiger partial charge in [-0.05, 0) is 56.4 Å². The highest BCUT2D eigenvalue weighted by molar-refractivity contribution is 5.40. The van der Waals surface area contributed by atoms with Crippen molar-refractivity contribution in [3.05, 3.63) is 69.8 Å². The lowest BCUT2D eigenvalue weighted by Crippen LogP contribution is -2.30. The van der Waals surface area contributed by atoms with Crippen molar-refractivity contribution in [3.63, 3.8) is 0 Å². The molecule has 0 aliphatic rings. The quantitative estimate of drug-likeness (QED) is 0.656. The van der Waals surface area contributed by atoms with Crippen molar-refractivity contribution in [1.82, 2.24) is 5.43 Å². The zero-order valence-corrected chi connectivity index (χ0v) is 12.8. The standard InChI is InChI=1S/C18H24N2/c1-12-6-5-7-16(10-12)11-17(20-19)18-14(3)8-13(2)9-15(18)4/h5-10,17,20H,11,19H2,1-4H3. The lowest BCUT2D eigenvalue weighted by molar-refractivity contribution is 0.546. The highest BCUT2D eigenvalue weighted by atomic mass is 15.2. The van der Waals surface area contributed by atoms with Crippen molar-refractivity contribution in [3.8, 4) is 0 Å². The summed E-state index contributed by atoms with van der Waals surface area (Å²) in [6, 6.07) is 13.2. The molecular formula is C18H24N2. The fourth-order valence-electron chi connectivity index (χ4n) is 3.06. The maximum Gasteiger partial charge on any atom is 0.0505 e. The average Bonchev–Trinajstić information content (AvgIpc) is 2.36. The van der Waals surface area contributed by atoms with Crippen molar-refractivity contribution in [2.24, 2.45) is 5.84 Å². The third-order valence-corrected chi connectivity index (χ3v) is 3.81. The molecule has 0 aliphatic heterocycles. The molecule has 1 unspecified atom stereocenters. The fourth-order valence-corrected chi connectivity index (χ4v) is 3.06. The van der Waals surface area contributed by atoms with E-state index in [0.29, 0.717) is 0 Å². The number of benzene rings is 2. The Morgan fingerprint density at radius 2 is 1.60 bits per heavy atom. The molecule has 2 aromatic carbocycles. The highest BCUT2D eigenvalue weighted by Gasteiger charge is 2.16. The van der Waals surface area contributed by atoms with E-state index in [2.05, 4.69) is 69.5 Å². The number of hydrogen-bond donors (Lipinski definition) is 2. The molecule has 0 fully saturated rings. The van der Waals surface area contributed by atoms with E-state index in [4.69, 9.17) is 5.84 Å². The van der Waals surface area contributed by atoms with Crippen molar-refractivity contribution in [1.29, 1.82) is 0 Å². The summed E-state index contributed by atoms with van der Waals surface area (Å²) in [4.78, 5) is 0. The summed E-state index contributed by atoms with van der Waals surface area (Å²) >= 11 is 0. The minimum atomic E-state index is 0.150. The van der Waals surface area contributed by atoms with E-state index in [1.54, 1.807) is 0 Å². The predicted molar refractivity (Wildman–Crippen MR) is 85.6 cm³/mol. The molecule has 2 aromatic rings. The van der Waals surface area contributed by atoms with Crippen LogP contribution < -0.4 is 11.3 Å². The smallest absolute Gasteiger partial charge is 0.0505 e. The number of nitrogens with two attached hydrogens (primary N) is 1. The van der Waals surface area contributed by atoms with Crippen LogP contribution in [0.15, 0.2) is 36.4 Å². The van der Waals surface area contributed by atoms with E-state index in [0.717, 1.165) is 6.42 Å². The Balaban J connectivity index is 2.34. The molecule has 0 amide bonds. The Hall–Kier alpha value is -1.64. The van der Waals surface area contributed by atoms with Gasteiger partial charge in [-0.25, -0.2) is 0 Å². The minimum Gasteiger partial charge on any atom is -0.271 e. The van der Waals surface area contributed by atoms with E-state index in [-0.39, 0.29) is 6.04 Å². The van der Waals surface area contributed by atoms with E-state index in [9.17, 15) is 0 Å². The number of hydrogen-bond acceptors (Lipinski definition) is 2. The molecule has 0 saturated heterocycles. The summed E-state index contributed by atoms with van der Waals surface area (Å²) in [5, 5.41) is 0. The van der Waals surface area contributed by atoms with Gasteiger partial charge in [0.1, 0.15) is 0 Å². The van der Waals surface area contributed by atoms with Crippen LogP contribution in [0.1, 0.15) is 39.4 Å². The van der Waals surface area contributed by atoms with Gasteiger partial charge in [0.2, 0.25) is 0 Å². The van der Waals surface area contributed by atoms with Crippen LogP contribution in [0.4, 0.5) is 0 Å². The van der Waals surface area contributed by atoms with Crippen LogP contribution in [0.25, 0.3) is 0 Å². The Kier molecular flexibility index (Phi) is 4.58. The van der Waals surface area contributed by atoms with Crippen molar-refractivity contribution >= 4 is 0 Å². The molecule has 0 radical (unpaired) electrons. The van der Waals surface area contributed by atoms with Gasteiger partial charge in [-0.3, -0.25) is 11.3 Å². The number of hydrazine groups is 1. The number of aryl methyl sites for hydroxylation is 4. The van der Waals surface area contributed by atoms with Gasteiger partial charge in [0, 0.05) is 0 Å². The van der Waals surface area contributed by atoms with Crippen LogP contribution in [-0.2, 0) is 6.42 Å². The molecule has 0 aliphatic carbocycles. The number of rotatable bonds is 4. The van der Waals surface area contributed by atoms with E-state index in [1.807, 2.05) is 0 Å². The molecule has 2 heteroatoms. The highest BCUT2D eigenvalue weighted by Crippen LogP contribution is 2.26. The second-order valence-electron chi connectivity index (χ2n) is 5.72. The van der Waals surface area contributed by atoms with Gasteiger partial charge in [0.05, 0.1) is 6.04 Å². The van der Waals surface area contributed by atoms with Crippen molar-refractivity contribution in [2.75, 3.05) is 0 Å². The van der Waals surface area contributed by atoms with E-state index in [1.165, 1.54) is 33.4 Å². The second-order valence-corrected chi connectivity index (χ2v) is 5.72. The van der Waals surface area contributed by atoms with Gasteiger partial charge < -0.3 is 0 Å². The molecule has 0 bridgehead atoms.